The van der Waals surface area contributed by atoms with Gasteiger partial charge in [-0.05, 0) is 11.1 Å². The summed E-state index contributed by atoms with van der Waals surface area (Å²) < 4.78 is 10.9. The number of carbonyl (C=O) groups is 1. The fourth-order valence-corrected chi connectivity index (χ4v) is 3.80. The molecule has 1 unspecified atom stereocenters. The normalized spacial score (nSPS) is 15.9. The highest BCUT2D eigenvalue weighted by atomic mass is 16.5. The number of hydrogen-bond acceptors (Lipinski definition) is 5. The van der Waals surface area contributed by atoms with Crippen molar-refractivity contribution >= 4 is 5.91 Å². The molecule has 0 aliphatic carbocycles. The van der Waals surface area contributed by atoms with Gasteiger partial charge in [0.15, 0.2) is 0 Å². The van der Waals surface area contributed by atoms with Crippen molar-refractivity contribution in [3.8, 4) is 11.8 Å². The molecule has 6 nitrogen and oxygen atoms in total. The monoisotopic (exact) mass is 403 g/mol. The molecule has 1 saturated heterocycles. The first kappa shape index (κ1) is 19.9. The maximum absolute atomic E-state index is 13.1. The second-order valence-electron chi connectivity index (χ2n) is 7.36. The highest BCUT2D eigenvalue weighted by Crippen LogP contribution is 2.29. The molecule has 1 aliphatic rings. The zero-order valence-corrected chi connectivity index (χ0v) is 17.0. The minimum Gasteiger partial charge on any atom is -0.480 e. The Labute approximate surface area is 176 Å². The van der Waals surface area contributed by atoms with Gasteiger partial charge in [-0.2, -0.15) is 0 Å². The SMILES string of the molecule is COc1ccc(OC2CCN(C(=O)CC(c3ccccc3)c3ccccc3)C2)nn1. The van der Waals surface area contributed by atoms with Crippen molar-refractivity contribution in [1.82, 2.24) is 15.1 Å². The molecule has 0 N–H and O–H groups in total. The molecule has 1 aromatic heterocycles. The van der Waals surface area contributed by atoms with Crippen LogP contribution >= 0.6 is 0 Å². The van der Waals surface area contributed by atoms with Gasteiger partial charge in [0.25, 0.3) is 0 Å². The van der Waals surface area contributed by atoms with Crippen LogP contribution in [0.25, 0.3) is 0 Å². The molecule has 0 bridgehead atoms. The van der Waals surface area contributed by atoms with Crippen LogP contribution in [0.4, 0.5) is 0 Å². The summed E-state index contributed by atoms with van der Waals surface area (Å²) in [5, 5.41) is 7.93. The Balaban J connectivity index is 1.40. The lowest BCUT2D eigenvalue weighted by Crippen LogP contribution is -2.32. The van der Waals surface area contributed by atoms with Crippen LogP contribution in [0.15, 0.2) is 72.8 Å². The molecule has 1 aliphatic heterocycles. The summed E-state index contributed by atoms with van der Waals surface area (Å²) in [5.41, 5.74) is 2.30. The number of carbonyl (C=O) groups excluding carboxylic acids is 1. The maximum Gasteiger partial charge on any atom is 0.233 e. The van der Waals surface area contributed by atoms with E-state index in [4.69, 9.17) is 9.47 Å². The van der Waals surface area contributed by atoms with Gasteiger partial charge in [0.1, 0.15) is 6.10 Å². The second-order valence-corrected chi connectivity index (χ2v) is 7.36. The fraction of sp³-hybridized carbons (Fsp3) is 0.292. The number of hydrogen-bond donors (Lipinski definition) is 0. The highest BCUT2D eigenvalue weighted by molar-refractivity contribution is 5.78. The van der Waals surface area contributed by atoms with E-state index in [2.05, 4.69) is 34.5 Å². The number of benzene rings is 2. The van der Waals surface area contributed by atoms with Crippen molar-refractivity contribution in [3.05, 3.63) is 83.9 Å². The quantitative estimate of drug-likeness (QED) is 0.602. The van der Waals surface area contributed by atoms with E-state index in [0.717, 1.165) is 17.5 Å². The van der Waals surface area contributed by atoms with Crippen LogP contribution in [0.1, 0.15) is 29.9 Å². The summed E-state index contributed by atoms with van der Waals surface area (Å²) in [6.45, 7) is 1.24. The zero-order valence-electron chi connectivity index (χ0n) is 17.0. The van der Waals surface area contributed by atoms with E-state index in [1.807, 2.05) is 41.3 Å². The molecule has 0 radical (unpaired) electrons. The van der Waals surface area contributed by atoms with Crippen LogP contribution in [0.2, 0.25) is 0 Å². The molecule has 0 saturated carbocycles. The van der Waals surface area contributed by atoms with Gasteiger partial charge >= 0.3 is 0 Å². The van der Waals surface area contributed by atoms with Crippen LogP contribution in [0, 0.1) is 0 Å². The largest absolute Gasteiger partial charge is 0.480 e. The summed E-state index contributed by atoms with van der Waals surface area (Å²) in [7, 11) is 1.54. The van der Waals surface area contributed by atoms with E-state index in [9.17, 15) is 4.79 Å². The highest BCUT2D eigenvalue weighted by Gasteiger charge is 2.30. The number of aromatic nitrogens is 2. The van der Waals surface area contributed by atoms with E-state index < -0.39 is 0 Å². The van der Waals surface area contributed by atoms with E-state index >= 15 is 0 Å². The second kappa shape index (κ2) is 9.39. The molecule has 2 heterocycles. The Morgan fingerprint density at radius 2 is 1.57 bits per heavy atom. The molecule has 0 spiro atoms. The molecular formula is C24H25N3O3. The average molecular weight is 403 g/mol. The van der Waals surface area contributed by atoms with Crippen molar-refractivity contribution in [3.63, 3.8) is 0 Å². The average Bonchev–Trinajstić information content (AvgIpc) is 3.27. The van der Waals surface area contributed by atoms with Crippen LogP contribution in [0.5, 0.6) is 11.8 Å². The Morgan fingerprint density at radius 3 is 2.13 bits per heavy atom. The number of rotatable bonds is 7. The summed E-state index contributed by atoms with van der Waals surface area (Å²) in [4.78, 5) is 15.0. The molecule has 1 fully saturated rings. The third-order valence-electron chi connectivity index (χ3n) is 5.39. The summed E-state index contributed by atoms with van der Waals surface area (Å²) in [6.07, 6.45) is 1.13. The van der Waals surface area contributed by atoms with Crippen LogP contribution in [0.3, 0.4) is 0 Å². The van der Waals surface area contributed by atoms with Crippen molar-refractivity contribution in [2.75, 3.05) is 20.2 Å². The van der Waals surface area contributed by atoms with E-state index in [-0.39, 0.29) is 17.9 Å². The molecule has 154 valence electrons. The van der Waals surface area contributed by atoms with E-state index in [0.29, 0.717) is 31.3 Å². The Hall–Kier alpha value is -3.41. The molecule has 6 heteroatoms. The predicted molar refractivity (Wildman–Crippen MR) is 114 cm³/mol. The Kier molecular flexibility index (Phi) is 6.23. The first-order valence-electron chi connectivity index (χ1n) is 10.1. The summed E-state index contributed by atoms with van der Waals surface area (Å²) in [5.74, 6) is 1.06. The van der Waals surface area contributed by atoms with Gasteiger partial charge < -0.3 is 14.4 Å². The lowest BCUT2D eigenvalue weighted by molar-refractivity contribution is -0.130. The van der Waals surface area contributed by atoms with Crippen molar-refractivity contribution in [2.24, 2.45) is 0 Å². The number of likely N-dealkylation sites (tertiary alicyclic amines) is 1. The van der Waals surface area contributed by atoms with E-state index in [1.165, 1.54) is 0 Å². The fourth-order valence-electron chi connectivity index (χ4n) is 3.80. The van der Waals surface area contributed by atoms with Gasteiger partial charge in [-0.3, -0.25) is 4.79 Å². The first-order chi connectivity index (χ1) is 14.7. The maximum atomic E-state index is 13.1. The molecule has 1 amide bonds. The Morgan fingerprint density at radius 1 is 0.967 bits per heavy atom. The lowest BCUT2D eigenvalue weighted by Gasteiger charge is -2.22. The van der Waals surface area contributed by atoms with Gasteiger partial charge in [0.2, 0.25) is 17.7 Å². The number of methoxy groups -OCH3 is 1. The van der Waals surface area contributed by atoms with E-state index in [1.54, 1.807) is 19.2 Å². The van der Waals surface area contributed by atoms with Crippen LogP contribution < -0.4 is 9.47 Å². The molecular weight excluding hydrogens is 378 g/mol. The molecule has 3 aromatic rings. The standard InChI is InChI=1S/C24H25N3O3/c1-29-22-12-13-23(26-25-22)30-20-14-15-27(17-20)24(28)16-21(18-8-4-2-5-9-18)19-10-6-3-7-11-19/h2-13,20-21H,14-17H2,1H3. The van der Waals surface area contributed by atoms with Crippen LogP contribution in [-0.2, 0) is 4.79 Å². The van der Waals surface area contributed by atoms with Gasteiger partial charge in [-0.25, -0.2) is 0 Å². The van der Waals surface area contributed by atoms with Crippen molar-refractivity contribution in [2.45, 2.75) is 24.9 Å². The van der Waals surface area contributed by atoms with Crippen molar-refractivity contribution < 1.29 is 14.3 Å². The van der Waals surface area contributed by atoms with Gasteiger partial charge in [0.05, 0.1) is 13.7 Å². The van der Waals surface area contributed by atoms with Gasteiger partial charge in [-0.1, -0.05) is 60.7 Å². The topological polar surface area (TPSA) is 64.6 Å². The third kappa shape index (κ3) is 4.76. The minimum atomic E-state index is -0.0801. The number of ether oxygens (including phenoxy) is 2. The smallest absolute Gasteiger partial charge is 0.233 e. The van der Waals surface area contributed by atoms with Crippen molar-refractivity contribution in [1.29, 1.82) is 0 Å². The lowest BCUT2D eigenvalue weighted by atomic mass is 9.88. The van der Waals surface area contributed by atoms with Gasteiger partial charge in [0, 0.05) is 37.4 Å². The van der Waals surface area contributed by atoms with Crippen LogP contribution in [-0.4, -0.2) is 47.3 Å². The predicted octanol–water partition coefficient (Wildman–Crippen LogP) is 3.69. The summed E-state index contributed by atoms with van der Waals surface area (Å²) in [6, 6.07) is 23.9. The molecule has 30 heavy (non-hydrogen) atoms. The zero-order chi connectivity index (χ0) is 20.8. The minimum absolute atomic E-state index is 0.0346. The molecule has 4 rings (SSSR count). The summed E-state index contributed by atoms with van der Waals surface area (Å²) >= 11 is 0. The Bertz CT molecular complexity index is 909. The van der Waals surface area contributed by atoms with Gasteiger partial charge in [-0.15, -0.1) is 10.2 Å². The third-order valence-corrected chi connectivity index (χ3v) is 5.39. The first-order valence-corrected chi connectivity index (χ1v) is 10.1. The number of amides is 1. The number of nitrogens with zero attached hydrogens (tertiary/aromatic N) is 3. The molecule has 2 aromatic carbocycles. The molecule has 1 atom stereocenters.